The number of Topliss-reactive ketones (excluding diaryl/α,β-unsaturated/α-hetero) is 1. The van der Waals surface area contributed by atoms with Gasteiger partial charge >= 0.3 is 0 Å². The van der Waals surface area contributed by atoms with Crippen LogP contribution in [0.1, 0.15) is 29.8 Å². The van der Waals surface area contributed by atoms with Crippen molar-refractivity contribution in [3.8, 4) is 0 Å². The van der Waals surface area contributed by atoms with Crippen molar-refractivity contribution in [2.45, 2.75) is 13.8 Å². The number of thiocarbonyl (C=S) groups is 1. The Hall–Kier alpha value is -1.95. The minimum absolute atomic E-state index is 0.0181. The fourth-order valence-electron chi connectivity index (χ4n) is 2.50. The first-order valence-electron chi connectivity index (χ1n) is 7.52. The zero-order valence-corrected chi connectivity index (χ0v) is 16.0. The zero-order valence-electron chi connectivity index (χ0n) is 13.6. The Labute approximate surface area is 160 Å². The van der Waals surface area contributed by atoms with Crippen LogP contribution in [0, 0.1) is 0 Å². The molecule has 1 aliphatic rings. The van der Waals surface area contributed by atoms with E-state index in [9.17, 15) is 9.59 Å². The van der Waals surface area contributed by atoms with Crippen molar-refractivity contribution >= 4 is 62.9 Å². The summed E-state index contributed by atoms with van der Waals surface area (Å²) in [5, 5.41) is 0.648. The lowest BCUT2D eigenvalue weighted by Crippen LogP contribution is -2.27. The first-order chi connectivity index (χ1) is 11.9. The van der Waals surface area contributed by atoms with Crippen LogP contribution < -0.4 is 4.90 Å². The van der Waals surface area contributed by atoms with Gasteiger partial charge in [-0.1, -0.05) is 47.7 Å². The molecule has 1 amide bonds. The van der Waals surface area contributed by atoms with Gasteiger partial charge in [0.25, 0.3) is 5.91 Å². The van der Waals surface area contributed by atoms with Gasteiger partial charge in [-0.3, -0.25) is 14.5 Å². The van der Waals surface area contributed by atoms with Crippen LogP contribution in [0.5, 0.6) is 0 Å². The van der Waals surface area contributed by atoms with Crippen molar-refractivity contribution < 1.29 is 9.59 Å². The van der Waals surface area contributed by atoms with Crippen molar-refractivity contribution in [3.63, 3.8) is 0 Å². The van der Waals surface area contributed by atoms with Crippen LogP contribution in [0.2, 0.25) is 5.02 Å². The summed E-state index contributed by atoms with van der Waals surface area (Å²) in [6, 6.07) is 14.2. The Morgan fingerprint density at radius 2 is 1.56 bits per heavy atom. The van der Waals surface area contributed by atoms with Gasteiger partial charge in [0.2, 0.25) is 0 Å². The van der Waals surface area contributed by atoms with Crippen LogP contribution >= 0.6 is 35.6 Å². The highest BCUT2D eigenvalue weighted by Gasteiger charge is 2.34. The van der Waals surface area contributed by atoms with Gasteiger partial charge in [0.1, 0.15) is 0 Å². The van der Waals surface area contributed by atoms with Gasteiger partial charge in [0, 0.05) is 10.6 Å². The van der Waals surface area contributed by atoms with E-state index in [0.717, 1.165) is 11.1 Å². The second kappa shape index (κ2) is 7.12. The molecule has 0 bridgehead atoms. The van der Waals surface area contributed by atoms with Gasteiger partial charge in [-0.05, 0) is 61.4 Å². The molecule has 126 valence electrons. The summed E-state index contributed by atoms with van der Waals surface area (Å²) in [5.74, 6) is -0.173. The number of carbonyl (C=O) groups excluding carboxylic acids is 2. The van der Waals surface area contributed by atoms with E-state index >= 15 is 0 Å². The molecular formula is C19H14ClNO2S2. The number of anilines is 1. The van der Waals surface area contributed by atoms with E-state index in [0.29, 0.717) is 25.5 Å². The number of hydrogen-bond acceptors (Lipinski definition) is 4. The molecule has 1 aliphatic heterocycles. The number of rotatable bonds is 3. The third kappa shape index (κ3) is 3.54. The van der Waals surface area contributed by atoms with E-state index in [1.54, 1.807) is 36.4 Å². The second-order valence-electron chi connectivity index (χ2n) is 5.57. The van der Waals surface area contributed by atoms with Crippen LogP contribution in [0.3, 0.4) is 0 Å². The fourth-order valence-corrected chi connectivity index (χ4v) is 3.96. The first kappa shape index (κ1) is 17.9. The molecule has 0 spiro atoms. The molecule has 1 fully saturated rings. The van der Waals surface area contributed by atoms with Gasteiger partial charge in [-0.2, -0.15) is 0 Å². The average Bonchev–Trinajstić information content (AvgIpc) is 2.89. The summed E-state index contributed by atoms with van der Waals surface area (Å²) in [5.41, 5.74) is 3.04. The number of halogens is 1. The standard InChI is InChI=1S/C19H14ClNO2S2/c1-11(13-3-7-15(20)8-4-13)17-18(23)21(19(24)25-17)16-9-5-14(6-10-16)12(2)22/h3-10H,1-2H3/b17-11-. The monoisotopic (exact) mass is 387 g/mol. The maximum Gasteiger partial charge on any atom is 0.271 e. The van der Waals surface area contributed by atoms with Gasteiger partial charge < -0.3 is 0 Å². The molecule has 0 aliphatic carbocycles. The molecule has 0 atom stereocenters. The maximum absolute atomic E-state index is 12.9. The topological polar surface area (TPSA) is 37.4 Å². The highest BCUT2D eigenvalue weighted by atomic mass is 35.5. The zero-order chi connectivity index (χ0) is 18.1. The predicted molar refractivity (Wildman–Crippen MR) is 108 cm³/mol. The van der Waals surface area contributed by atoms with E-state index in [2.05, 4.69) is 0 Å². The van der Waals surface area contributed by atoms with Crippen LogP contribution in [-0.4, -0.2) is 16.0 Å². The normalized spacial score (nSPS) is 16.4. The summed E-state index contributed by atoms with van der Waals surface area (Å²) < 4.78 is 0.476. The van der Waals surface area contributed by atoms with Crippen molar-refractivity contribution in [3.05, 3.63) is 69.6 Å². The molecule has 25 heavy (non-hydrogen) atoms. The number of benzene rings is 2. The molecular weight excluding hydrogens is 374 g/mol. The highest BCUT2D eigenvalue weighted by Crippen LogP contribution is 2.39. The number of allylic oxidation sites excluding steroid dienone is 1. The number of nitrogens with zero attached hydrogens (tertiary/aromatic N) is 1. The molecule has 2 aromatic rings. The Kier molecular flexibility index (Phi) is 5.08. The first-order valence-corrected chi connectivity index (χ1v) is 9.13. The largest absolute Gasteiger partial charge is 0.295 e. The molecule has 3 rings (SSSR count). The molecule has 1 saturated heterocycles. The SMILES string of the molecule is CC(=O)c1ccc(N2C(=O)/C(=C(\C)c3ccc(Cl)cc3)SC2=S)cc1. The summed E-state index contributed by atoms with van der Waals surface area (Å²) in [7, 11) is 0. The van der Waals surface area contributed by atoms with Crippen LogP contribution in [0.25, 0.3) is 5.57 Å². The number of thioether (sulfide) groups is 1. The third-order valence-electron chi connectivity index (χ3n) is 3.92. The van der Waals surface area contributed by atoms with E-state index in [-0.39, 0.29) is 11.7 Å². The number of carbonyl (C=O) groups is 2. The van der Waals surface area contributed by atoms with Crippen LogP contribution in [0.4, 0.5) is 5.69 Å². The quantitative estimate of drug-likeness (QED) is 0.404. The van der Waals surface area contributed by atoms with Gasteiger partial charge in [-0.25, -0.2) is 0 Å². The fraction of sp³-hybridized carbons (Fsp3) is 0.105. The van der Waals surface area contributed by atoms with Crippen molar-refractivity contribution in [2.75, 3.05) is 4.90 Å². The summed E-state index contributed by atoms with van der Waals surface area (Å²) >= 11 is 12.6. The lowest BCUT2D eigenvalue weighted by molar-refractivity contribution is -0.113. The predicted octanol–water partition coefficient (Wildman–Crippen LogP) is 5.34. The minimum Gasteiger partial charge on any atom is -0.295 e. The van der Waals surface area contributed by atoms with Gasteiger partial charge in [0.15, 0.2) is 10.1 Å². The van der Waals surface area contributed by atoms with Crippen molar-refractivity contribution in [2.24, 2.45) is 0 Å². The number of hydrogen-bond donors (Lipinski definition) is 0. The Balaban J connectivity index is 1.95. The van der Waals surface area contributed by atoms with Gasteiger partial charge in [-0.15, -0.1) is 0 Å². The molecule has 3 nitrogen and oxygen atoms in total. The molecule has 0 unspecified atom stereocenters. The number of amides is 1. The highest BCUT2D eigenvalue weighted by molar-refractivity contribution is 8.27. The maximum atomic E-state index is 12.9. The third-order valence-corrected chi connectivity index (χ3v) is 5.65. The van der Waals surface area contributed by atoms with Crippen molar-refractivity contribution in [1.29, 1.82) is 0 Å². The molecule has 2 aromatic carbocycles. The Bertz CT molecular complexity index is 902. The second-order valence-corrected chi connectivity index (χ2v) is 7.65. The van der Waals surface area contributed by atoms with Crippen LogP contribution in [-0.2, 0) is 4.79 Å². The molecule has 0 aromatic heterocycles. The van der Waals surface area contributed by atoms with Crippen molar-refractivity contribution in [1.82, 2.24) is 0 Å². The summed E-state index contributed by atoms with van der Waals surface area (Å²) in [6.07, 6.45) is 0. The van der Waals surface area contributed by atoms with E-state index in [1.807, 2.05) is 19.1 Å². The molecule has 0 saturated carbocycles. The lowest BCUT2D eigenvalue weighted by atomic mass is 10.1. The molecule has 1 heterocycles. The Morgan fingerprint density at radius 3 is 2.12 bits per heavy atom. The minimum atomic E-state index is -0.155. The Morgan fingerprint density at radius 1 is 1.00 bits per heavy atom. The molecule has 6 heteroatoms. The number of ketones is 1. The smallest absolute Gasteiger partial charge is 0.271 e. The molecule has 0 radical (unpaired) electrons. The van der Waals surface area contributed by atoms with E-state index in [1.165, 1.54) is 23.6 Å². The lowest BCUT2D eigenvalue weighted by Gasteiger charge is -2.15. The van der Waals surface area contributed by atoms with E-state index < -0.39 is 0 Å². The molecule has 0 N–H and O–H groups in total. The van der Waals surface area contributed by atoms with Crippen LogP contribution in [0.15, 0.2) is 53.4 Å². The summed E-state index contributed by atoms with van der Waals surface area (Å²) in [4.78, 5) is 26.4. The van der Waals surface area contributed by atoms with E-state index in [4.69, 9.17) is 23.8 Å². The average molecular weight is 388 g/mol. The van der Waals surface area contributed by atoms with Gasteiger partial charge in [0.05, 0.1) is 10.6 Å². The summed E-state index contributed by atoms with van der Waals surface area (Å²) in [6.45, 7) is 3.40.